The van der Waals surface area contributed by atoms with Crippen molar-refractivity contribution in [3.05, 3.63) is 23.4 Å². The summed E-state index contributed by atoms with van der Waals surface area (Å²) < 4.78 is 0. The van der Waals surface area contributed by atoms with Gasteiger partial charge in [0.2, 0.25) is 0 Å². The highest BCUT2D eigenvalue weighted by molar-refractivity contribution is 5.35. The second-order valence-electron chi connectivity index (χ2n) is 6.26. The van der Waals surface area contributed by atoms with Crippen LogP contribution in [0.3, 0.4) is 0 Å². The lowest BCUT2D eigenvalue weighted by Gasteiger charge is -2.48. The Morgan fingerprint density at radius 2 is 2.06 bits per heavy atom. The predicted molar refractivity (Wildman–Crippen MR) is 70.1 cm³/mol. The molecule has 0 amide bonds. The van der Waals surface area contributed by atoms with Crippen LogP contribution in [-0.4, -0.2) is 18.5 Å². The fraction of sp³-hybridized carbons (Fsp3) is 0.733. The molecule has 0 spiro atoms. The number of rotatable bonds is 1. The molecule has 2 rings (SSSR count). The molecule has 0 radical (unpaired) electrons. The Morgan fingerprint density at radius 1 is 1.38 bits per heavy atom. The van der Waals surface area contributed by atoms with Crippen molar-refractivity contribution >= 4 is 0 Å². The zero-order valence-electron chi connectivity index (χ0n) is 11.4. The summed E-state index contributed by atoms with van der Waals surface area (Å²) in [6.07, 6.45) is 7.13. The molecule has 0 aromatic carbocycles. The van der Waals surface area contributed by atoms with Gasteiger partial charge in [-0.1, -0.05) is 33.8 Å². The summed E-state index contributed by atoms with van der Waals surface area (Å²) in [5.74, 6) is 1.54. The third-order valence-electron chi connectivity index (χ3n) is 4.54. The first kappa shape index (κ1) is 11.8. The molecule has 1 heterocycles. The van der Waals surface area contributed by atoms with E-state index in [9.17, 15) is 0 Å². The Hall–Kier alpha value is -0.720. The number of hydrogen-bond donors (Lipinski definition) is 0. The summed E-state index contributed by atoms with van der Waals surface area (Å²) in [4.78, 5) is 2.46. The number of hydrogen-bond acceptors (Lipinski definition) is 1. The molecule has 16 heavy (non-hydrogen) atoms. The van der Waals surface area contributed by atoms with E-state index in [4.69, 9.17) is 0 Å². The molecule has 0 fully saturated rings. The van der Waals surface area contributed by atoms with Gasteiger partial charge in [-0.25, -0.2) is 0 Å². The van der Waals surface area contributed by atoms with E-state index < -0.39 is 0 Å². The molecule has 0 aromatic heterocycles. The number of likely N-dealkylation sites (N-methyl/N-ethyl adjacent to an activating group) is 1. The van der Waals surface area contributed by atoms with E-state index in [-0.39, 0.29) is 0 Å². The smallest absolute Gasteiger partial charge is 0.0358 e. The van der Waals surface area contributed by atoms with Crippen LogP contribution in [0.25, 0.3) is 0 Å². The maximum Gasteiger partial charge on any atom is 0.0358 e. The van der Waals surface area contributed by atoms with Crippen LogP contribution in [0.1, 0.15) is 40.5 Å². The average Bonchev–Trinajstić information content (AvgIpc) is 2.23. The number of nitrogens with zero attached hydrogens (tertiary/aromatic N) is 1. The second kappa shape index (κ2) is 3.94. The highest BCUT2D eigenvalue weighted by Gasteiger charge is 2.41. The first-order chi connectivity index (χ1) is 7.44. The number of allylic oxidation sites excluding steroid dienone is 3. The normalized spacial score (nSPS) is 28.6. The van der Waals surface area contributed by atoms with Crippen LogP contribution >= 0.6 is 0 Å². The van der Waals surface area contributed by atoms with Gasteiger partial charge in [0, 0.05) is 19.3 Å². The lowest BCUT2D eigenvalue weighted by molar-refractivity contribution is 0.122. The summed E-state index contributed by atoms with van der Waals surface area (Å²) in [6, 6.07) is 0. The lowest BCUT2D eigenvalue weighted by Crippen LogP contribution is -2.44. The summed E-state index contributed by atoms with van der Waals surface area (Å²) in [5.41, 5.74) is 3.55. The summed E-state index contributed by atoms with van der Waals surface area (Å²) in [7, 11) is 2.25. The van der Waals surface area contributed by atoms with E-state index in [1.807, 2.05) is 0 Å². The van der Waals surface area contributed by atoms with Crippen molar-refractivity contribution in [1.29, 1.82) is 0 Å². The molecule has 1 nitrogen and oxygen atoms in total. The van der Waals surface area contributed by atoms with Crippen molar-refractivity contribution in [2.24, 2.45) is 17.3 Å². The van der Waals surface area contributed by atoms with E-state index >= 15 is 0 Å². The Balaban J connectivity index is 2.43. The summed E-state index contributed by atoms with van der Waals surface area (Å²) >= 11 is 0. The molecule has 1 unspecified atom stereocenters. The fourth-order valence-electron chi connectivity index (χ4n) is 3.55. The van der Waals surface area contributed by atoms with Gasteiger partial charge in [-0.15, -0.1) is 0 Å². The molecule has 0 bridgehead atoms. The Labute approximate surface area is 100 Å². The van der Waals surface area contributed by atoms with Crippen LogP contribution in [0.5, 0.6) is 0 Å². The van der Waals surface area contributed by atoms with Crippen LogP contribution in [0.4, 0.5) is 0 Å². The molecule has 0 saturated carbocycles. The second-order valence-corrected chi connectivity index (χ2v) is 6.26. The van der Waals surface area contributed by atoms with Crippen molar-refractivity contribution < 1.29 is 0 Å². The maximum atomic E-state index is 2.46. The molecule has 0 N–H and O–H groups in total. The molecule has 1 heteroatoms. The zero-order chi connectivity index (χ0) is 11.9. The van der Waals surface area contributed by atoms with Crippen LogP contribution in [0.2, 0.25) is 0 Å². The van der Waals surface area contributed by atoms with E-state index in [0.29, 0.717) is 5.41 Å². The van der Waals surface area contributed by atoms with Gasteiger partial charge in [-0.3, -0.25) is 0 Å². The third-order valence-corrected chi connectivity index (χ3v) is 4.54. The van der Waals surface area contributed by atoms with E-state index in [2.05, 4.69) is 51.8 Å². The van der Waals surface area contributed by atoms with Gasteiger partial charge >= 0.3 is 0 Å². The van der Waals surface area contributed by atoms with Crippen LogP contribution < -0.4 is 0 Å². The lowest BCUT2D eigenvalue weighted by atomic mass is 9.64. The van der Waals surface area contributed by atoms with Crippen LogP contribution in [0.15, 0.2) is 23.4 Å². The quantitative estimate of drug-likeness (QED) is 0.648. The van der Waals surface area contributed by atoms with Crippen molar-refractivity contribution in [1.82, 2.24) is 4.90 Å². The minimum absolute atomic E-state index is 0.376. The Morgan fingerprint density at radius 3 is 2.69 bits per heavy atom. The topological polar surface area (TPSA) is 3.24 Å². The van der Waals surface area contributed by atoms with E-state index in [1.165, 1.54) is 25.1 Å². The molecule has 1 aliphatic heterocycles. The van der Waals surface area contributed by atoms with Gasteiger partial charge in [-0.2, -0.15) is 0 Å². The van der Waals surface area contributed by atoms with E-state index in [0.717, 1.165) is 11.8 Å². The molecular weight excluding hydrogens is 194 g/mol. The Kier molecular flexibility index (Phi) is 2.90. The van der Waals surface area contributed by atoms with Gasteiger partial charge in [0.05, 0.1) is 0 Å². The van der Waals surface area contributed by atoms with Gasteiger partial charge in [0.1, 0.15) is 0 Å². The first-order valence-corrected chi connectivity index (χ1v) is 6.56. The molecule has 1 atom stereocenters. The fourth-order valence-corrected chi connectivity index (χ4v) is 3.55. The minimum Gasteiger partial charge on any atom is -0.374 e. The minimum atomic E-state index is 0.376. The average molecular weight is 219 g/mol. The van der Waals surface area contributed by atoms with E-state index in [1.54, 1.807) is 5.57 Å². The van der Waals surface area contributed by atoms with Gasteiger partial charge in [-0.05, 0) is 41.7 Å². The van der Waals surface area contributed by atoms with Crippen molar-refractivity contribution in [2.75, 3.05) is 13.6 Å². The predicted octanol–water partition coefficient (Wildman–Crippen LogP) is 3.83. The molecule has 1 aliphatic carbocycles. The van der Waals surface area contributed by atoms with Gasteiger partial charge < -0.3 is 4.90 Å². The van der Waals surface area contributed by atoms with Gasteiger partial charge in [0.25, 0.3) is 0 Å². The molecule has 0 saturated heterocycles. The van der Waals surface area contributed by atoms with Crippen LogP contribution in [-0.2, 0) is 0 Å². The highest BCUT2D eigenvalue weighted by Crippen LogP contribution is 2.48. The largest absolute Gasteiger partial charge is 0.374 e. The standard InChI is InChI=1S/C15H25N/c1-11(2)13-10-16(5)14-9-7-6-8-12(14)15(13,3)4/h7,9,11,13H,6,8,10H2,1-5H3. The molecule has 2 aliphatic rings. The highest BCUT2D eigenvalue weighted by atomic mass is 15.1. The van der Waals surface area contributed by atoms with Crippen LogP contribution in [0, 0.1) is 17.3 Å². The maximum absolute atomic E-state index is 2.46. The first-order valence-electron chi connectivity index (χ1n) is 6.56. The van der Waals surface area contributed by atoms with Gasteiger partial charge in [0.15, 0.2) is 0 Å². The SMILES string of the molecule is CC(C)C1CN(C)C2=C(CCC=C2)C1(C)C. The van der Waals surface area contributed by atoms with Crippen molar-refractivity contribution in [3.63, 3.8) is 0 Å². The molecule has 90 valence electrons. The molecule has 0 aromatic rings. The Bertz CT molecular complexity index is 333. The van der Waals surface area contributed by atoms with Crippen molar-refractivity contribution in [3.8, 4) is 0 Å². The zero-order valence-corrected chi connectivity index (χ0v) is 11.4. The summed E-state index contributed by atoms with van der Waals surface area (Å²) in [5, 5.41) is 0. The monoisotopic (exact) mass is 219 g/mol. The molecular formula is C15H25N. The van der Waals surface area contributed by atoms with Crippen molar-refractivity contribution in [2.45, 2.75) is 40.5 Å². The summed E-state index contributed by atoms with van der Waals surface area (Å²) in [6.45, 7) is 10.8. The third kappa shape index (κ3) is 1.70.